The molecule has 0 bridgehead atoms. The Morgan fingerprint density at radius 3 is 2.48 bits per heavy atom. The van der Waals surface area contributed by atoms with E-state index < -0.39 is 5.69 Å². The van der Waals surface area contributed by atoms with Crippen molar-refractivity contribution in [2.24, 2.45) is 14.1 Å². The molecule has 0 unspecified atom stereocenters. The highest BCUT2D eigenvalue weighted by molar-refractivity contribution is 5.86. The molecule has 3 aromatic rings. The van der Waals surface area contributed by atoms with Crippen LogP contribution in [0.3, 0.4) is 0 Å². The van der Waals surface area contributed by atoms with Gasteiger partial charge in [-0.05, 0) is 0 Å². The van der Waals surface area contributed by atoms with Gasteiger partial charge in [-0.3, -0.25) is 19.0 Å². The number of aromatic amines is 1. The second kappa shape index (κ2) is 5.72. The Balaban J connectivity index is 1.57. The molecule has 4 rings (SSSR count). The van der Waals surface area contributed by atoms with Gasteiger partial charge in [-0.1, -0.05) is 0 Å². The van der Waals surface area contributed by atoms with Gasteiger partial charge >= 0.3 is 5.69 Å². The average molecular weight is 342 g/mol. The fourth-order valence-corrected chi connectivity index (χ4v) is 3.07. The molecule has 1 saturated heterocycles. The van der Waals surface area contributed by atoms with Crippen molar-refractivity contribution < 1.29 is 0 Å². The summed E-state index contributed by atoms with van der Waals surface area (Å²) in [6.07, 6.45) is 3.32. The van der Waals surface area contributed by atoms with Crippen molar-refractivity contribution in [2.45, 2.75) is 0 Å². The van der Waals surface area contributed by atoms with E-state index in [0.717, 1.165) is 34.5 Å². The molecule has 1 N–H and O–H groups in total. The maximum Gasteiger partial charge on any atom is 0.329 e. The van der Waals surface area contributed by atoms with Crippen molar-refractivity contribution >= 4 is 22.7 Å². The number of hydrogen-bond acceptors (Lipinski definition) is 7. The first-order chi connectivity index (χ1) is 12.0. The van der Waals surface area contributed by atoms with Crippen LogP contribution < -0.4 is 21.0 Å². The van der Waals surface area contributed by atoms with Crippen LogP contribution in [0.1, 0.15) is 0 Å². The first-order valence-corrected chi connectivity index (χ1v) is 7.97. The quantitative estimate of drug-likeness (QED) is 0.642. The first-order valence-electron chi connectivity index (χ1n) is 7.97. The second-order valence-corrected chi connectivity index (χ2v) is 6.03. The third-order valence-corrected chi connectivity index (χ3v) is 4.56. The van der Waals surface area contributed by atoms with E-state index in [-0.39, 0.29) is 5.56 Å². The fourth-order valence-electron chi connectivity index (χ4n) is 3.07. The van der Waals surface area contributed by atoms with Crippen LogP contribution in [-0.2, 0) is 14.1 Å². The zero-order chi connectivity index (χ0) is 17.6. The molecule has 1 aliphatic heterocycles. The van der Waals surface area contributed by atoms with Gasteiger partial charge in [0, 0.05) is 46.3 Å². The smallest absolute Gasteiger partial charge is 0.329 e. The van der Waals surface area contributed by atoms with Crippen LogP contribution in [0.25, 0.3) is 11.0 Å². The lowest BCUT2D eigenvalue weighted by molar-refractivity contribution is 0.636. The van der Waals surface area contributed by atoms with Crippen molar-refractivity contribution in [3.05, 3.63) is 39.4 Å². The number of nitrogens with one attached hydrogen (secondary N) is 1. The molecule has 1 aliphatic rings. The average Bonchev–Trinajstić information content (AvgIpc) is 3.01. The molecule has 0 aliphatic carbocycles. The zero-order valence-electron chi connectivity index (χ0n) is 14.0. The van der Waals surface area contributed by atoms with Crippen LogP contribution in [0, 0.1) is 0 Å². The molecule has 130 valence electrons. The Kier molecular flexibility index (Phi) is 3.52. The highest BCUT2D eigenvalue weighted by Gasteiger charge is 2.22. The third-order valence-electron chi connectivity index (χ3n) is 4.56. The minimum Gasteiger partial charge on any atom is -0.354 e. The van der Waals surface area contributed by atoms with Crippen molar-refractivity contribution in [3.63, 3.8) is 0 Å². The van der Waals surface area contributed by atoms with E-state index in [1.807, 2.05) is 11.9 Å². The number of anilines is 2. The maximum atomic E-state index is 11.8. The normalized spacial score (nSPS) is 15.1. The van der Waals surface area contributed by atoms with Crippen LogP contribution in [0.4, 0.5) is 11.6 Å². The molecule has 4 heterocycles. The second-order valence-electron chi connectivity index (χ2n) is 6.03. The van der Waals surface area contributed by atoms with Crippen LogP contribution in [-0.4, -0.2) is 55.5 Å². The van der Waals surface area contributed by atoms with Gasteiger partial charge in [0.15, 0.2) is 5.65 Å². The van der Waals surface area contributed by atoms with E-state index in [1.165, 1.54) is 13.1 Å². The minimum atomic E-state index is -0.405. The maximum absolute atomic E-state index is 11.8. The monoisotopic (exact) mass is 342 g/mol. The van der Waals surface area contributed by atoms with Crippen LogP contribution in [0.2, 0.25) is 0 Å². The fraction of sp³-hybridized carbons (Fsp3) is 0.400. The van der Waals surface area contributed by atoms with Gasteiger partial charge in [0.2, 0.25) is 0 Å². The number of piperazine rings is 1. The summed E-state index contributed by atoms with van der Waals surface area (Å²) in [5.74, 6) is 1.41. The Hall–Kier alpha value is -3.17. The Morgan fingerprint density at radius 1 is 1.04 bits per heavy atom. The topological polar surface area (TPSA) is 105 Å². The number of fused-ring (bicyclic) bond motifs is 1. The summed E-state index contributed by atoms with van der Waals surface area (Å²) in [6, 6.07) is 1.46. The Bertz CT molecular complexity index is 1010. The van der Waals surface area contributed by atoms with Crippen LogP contribution >= 0.6 is 0 Å². The molecule has 10 heteroatoms. The molecule has 10 nitrogen and oxygen atoms in total. The Morgan fingerprint density at radius 2 is 1.76 bits per heavy atom. The number of nitrogens with zero attached hydrogens (tertiary/aromatic N) is 7. The van der Waals surface area contributed by atoms with Crippen LogP contribution in [0.15, 0.2) is 28.2 Å². The summed E-state index contributed by atoms with van der Waals surface area (Å²) in [7, 11) is 3.31. The molecule has 0 aromatic carbocycles. The minimum absolute atomic E-state index is 0.311. The lowest BCUT2D eigenvalue weighted by atomic mass is 10.2. The molecule has 0 amide bonds. The van der Waals surface area contributed by atoms with E-state index in [1.54, 1.807) is 17.2 Å². The van der Waals surface area contributed by atoms with Crippen molar-refractivity contribution in [2.75, 3.05) is 36.0 Å². The largest absolute Gasteiger partial charge is 0.354 e. The van der Waals surface area contributed by atoms with E-state index in [0.29, 0.717) is 18.9 Å². The van der Waals surface area contributed by atoms with Crippen LogP contribution in [0.5, 0.6) is 0 Å². The van der Waals surface area contributed by atoms with E-state index in [4.69, 9.17) is 0 Å². The predicted molar refractivity (Wildman–Crippen MR) is 93.0 cm³/mol. The summed E-state index contributed by atoms with van der Waals surface area (Å²) >= 11 is 0. The number of aryl methyl sites for hydroxylation is 1. The lowest BCUT2D eigenvalue weighted by Crippen LogP contribution is -2.48. The number of hydrogen-bond donors (Lipinski definition) is 1. The van der Waals surface area contributed by atoms with Crippen molar-refractivity contribution in [3.8, 4) is 0 Å². The highest BCUT2D eigenvalue weighted by atomic mass is 16.2. The molecular weight excluding hydrogens is 324 g/mol. The third kappa shape index (κ3) is 2.55. The van der Waals surface area contributed by atoms with E-state index >= 15 is 0 Å². The van der Waals surface area contributed by atoms with Gasteiger partial charge in [0.1, 0.15) is 18.0 Å². The molecular formula is C15H18N8O2. The van der Waals surface area contributed by atoms with Gasteiger partial charge in [-0.15, -0.1) is 0 Å². The summed E-state index contributed by atoms with van der Waals surface area (Å²) in [5, 5.41) is 5.16. The highest BCUT2D eigenvalue weighted by Crippen LogP contribution is 2.23. The van der Waals surface area contributed by atoms with E-state index in [9.17, 15) is 9.59 Å². The molecule has 3 aromatic heterocycles. The number of H-pyrrole nitrogens is 1. The molecule has 0 radical (unpaired) electrons. The van der Waals surface area contributed by atoms with Gasteiger partial charge in [0.25, 0.3) is 5.56 Å². The van der Waals surface area contributed by atoms with E-state index in [2.05, 4.69) is 25.0 Å². The molecule has 0 spiro atoms. The lowest BCUT2D eigenvalue weighted by Gasteiger charge is -2.36. The van der Waals surface area contributed by atoms with Gasteiger partial charge in [-0.25, -0.2) is 14.8 Å². The molecule has 25 heavy (non-hydrogen) atoms. The molecule has 0 saturated carbocycles. The summed E-state index contributed by atoms with van der Waals surface area (Å²) in [5.41, 5.74) is 0.0789. The summed E-state index contributed by atoms with van der Waals surface area (Å²) in [4.78, 5) is 39.2. The zero-order valence-corrected chi connectivity index (χ0v) is 14.0. The van der Waals surface area contributed by atoms with Gasteiger partial charge < -0.3 is 9.80 Å². The molecule has 1 fully saturated rings. The Labute approximate surface area is 142 Å². The first kappa shape index (κ1) is 15.4. The number of rotatable bonds is 2. The van der Waals surface area contributed by atoms with Gasteiger partial charge in [-0.2, -0.15) is 5.10 Å². The summed E-state index contributed by atoms with van der Waals surface area (Å²) < 4.78 is 2.78. The summed E-state index contributed by atoms with van der Waals surface area (Å²) in [6.45, 7) is 2.79. The number of aromatic nitrogens is 6. The van der Waals surface area contributed by atoms with Crippen molar-refractivity contribution in [1.29, 1.82) is 0 Å². The standard InChI is InChI=1S/C15H18N8O2/c1-20-12(24)7-11(19-15(20)25)22-3-5-23(6-4-22)14-10-8-18-21(2)13(10)16-9-17-14/h7-9H,3-6H2,1-2H3,(H,19,25). The van der Waals surface area contributed by atoms with Crippen molar-refractivity contribution in [1.82, 2.24) is 29.3 Å². The predicted octanol–water partition coefficient (Wildman–Crippen LogP) is -0.923. The molecule has 0 atom stereocenters. The van der Waals surface area contributed by atoms with Gasteiger partial charge in [0.05, 0.1) is 11.6 Å². The SMILES string of the molecule is Cn1c(=O)cc(N2CCN(c3ncnc4c3cnn4C)CC2)[nH]c1=O.